The summed E-state index contributed by atoms with van der Waals surface area (Å²) < 4.78 is 40.8. The summed E-state index contributed by atoms with van der Waals surface area (Å²) in [4.78, 5) is 24.5. The van der Waals surface area contributed by atoms with E-state index in [2.05, 4.69) is 15.1 Å². The van der Waals surface area contributed by atoms with Crippen LogP contribution in [-0.2, 0) is 11.0 Å². The van der Waals surface area contributed by atoms with Crippen LogP contribution in [0, 0.1) is 0 Å². The minimum atomic E-state index is -4.43. The first-order valence-electron chi connectivity index (χ1n) is 9.80. The van der Waals surface area contributed by atoms with E-state index in [1.165, 1.54) is 16.8 Å². The number of nitrogens with zero attached hydrogens (tertiary/aromatic N) is 6. The van der Waals surface area contributed by atoms with Crippen molar-refractivity contribution in [3.05, 3.63) is 53.7 Å². The zero-order valence-corrected chi connectivity index (χ0v) is 17.1. The lowest BCUT2D eigenvalue weighted by atomic mass is 10.1. The Bertz CT molecular complexity index is 1140. The molecule has 0 bridgehead atoms. The Balaban J connectivity index is 1.59. The van der Waals surface area contributed by atoms with Gasteiger partial charge in [0.15, 0.2) is 0 Å². The molecule has 10 heteroatoms. The van der Waals surface area contributed by atoms with Crippen molar-refractivity contribution in [2.24, 2.45) is 0 Å². The topological polar surface area (TPSA) is 66.6 Å². The van der Waals surface area contributed by atoms with Crippen LogP contribution >= 0.6 is 0 Å². The maximum Gasteiger partial charge on any atom is 0.416 e. The Morgan fingerprint density at radius 2 is 1.84 bits per heavy atom. The van der Waals surface area contributed by atoms with Gasteiger partial charge in [-0.15, -0.1) is 5.10 Å². The summed E-state index contributed by atoms with van der Waals surface area (Å²) in [6, 6.07) is 6.69. The molecular weight excluding hydrogens is 409 g/mol. The fourth-order valence-electron chi connectivity index (χ4n) is 3.46. The van der Waals surface area contributed by atoms with E-state index < -0.39 is 11.7 Å². The van der Waals surface area contributed by atoms with Gasteiger partial charge in [-0.05, 0) is 32.0 Å². The Labute approximate surface area is 176 Å². The van der Waals surface area contributed by atoms with Crippen LogP contribution in [0.15, 0.2) is 48.2 Å². The molecule has 0 unspecified atom stereocenters. The van der Waals surface area contributed by atoms with Gasteiger partial charge in [0.25, 0.3) is 5.78 Å². The molecule has 1 aliphatic heterocycles. The quantitative estimate of drug-likeness (QED) is 0.596. The molecule has 1 saturated heterocycles. The molecule has 2 aromatic heterocycles. The van der Waals surface area contributed by atoms with Crippen molar-refractivity contribution in [3.63, 3.8) is 0 Å². The van der Waals surface area contributed by atoms with E-state index in [1.807, 2.05) is 18.7 Å². The second-order valence-corrected chi connectivity index (χ2v) is 7.57. The first kappa shape index (κ1) is 20.8. The van der Waals surface area contributed by atoms with E-state index >= 15 is 0 Å². The summed E-state index contributed by atoms with van der Waals surface area (Å²) in [6.45, 7) is 5.93. The van der Waals surface area contributed by atoms with Crippen LogP contribution in [0.25, 0.3) is 17.0 Å². The van der Waals surface area contributed by atoms with Gasteiger partial charge in [0.05, 0.1) is 11.3 Å². The molecule has 0 radical (unpaired) electrons. The Hall–Kier alpha value is -3.43. The number of allylic oxidation sites excluding steroid dienone is 1. The average molecular weight is 430 g/mol. The third-order valence-electron chi connectivity index (χ3n) is 5.00. The smallest absolute Gasteiger partial charge is 0.336 e. The number of aromatic nitrogens is 4. The second kappa shape index (κ2) is 8.01. The molecule has 0 spiro atoms. The lowest BCUT2D eigenvalue weighted by Gasteiger charge is -2.33. The summed E-state index contributed by atoms with van der Waals surface area (Å²) in [5.74, 6) is 0.713. The van der Waals surface area contributed by atoms with E-state index in [0.717, 1.165) is 17.7 Å². The van der Waals surface area contributed by atoms with Gasteiger partial charge in [-0.3, -0.25) is 4.79 Å². The Kier molecular flexibility index (Phi) is 5.38. The molecule has 0 N–H and O–H groups in total. The zero-order valence-electron chi connectivity index (χ0n) is 17.1. The molecule has 0 aliphatic carbocycles. The largest absolute Gasteiger partial charge is 0.416 e. The number of hydrogen-bond acceptors (Lipinski definition) is 5. The number of fused-ring (bicyclic) bond motifs is 1. The number of carbonyl (C=O) groups is 1. The van der Waals surface area contributed by atoms with Crippen LogP contribution in [0.2, 0.25) is 0 Å². The minimum absolute atomic E-state index is 0.0175. The standard InChI is InChI=1S/C21H21F3N6O/c1-14(2)12-18(31)28-8-10-29(11-9-28)20-26-19-25-7-6-17(30(19)27-20)15-4-3-5-16(13-15)21(22,23)24/h3-7,12-13H,8-11H2,1-2H3. The number of benzene rings is 1. The van der Waals surface area contributed by atoms with E-state index in [4.69, 9.17) is 0 Å². The van der Waals surface area contributed by atoms with Crippen molar-refractivity contribution < 1.29 is 18.0 Å². The molecule has 3 aromatic rings. The third-order valence-corrected chi connectivity index (χ3v) is 5.00. The molecule has 1 aromatic carbocycles. The maximum atomic E-state index is 13.1. The SMILES string of the molecule is CC(C)=CC(=O)N1CCN(c2nc3nccc(-c4cccc(C(F)(F)F)c4)n3n2)CC1. The normalized spacial score (nSPS) is 14.7. The highest BCUT2D eigenvalue weighted by atomic mass is 19.4. The van der Waals surface area contributed by atoms with E-state index in [9.17, 15) is 18.0 Å². The van der Waals surface area contributed by atoms with Crippen LogP contribution < -0.4 is 4.90 Å². The highest BCUT2D eigenvalue weighted by Gasteiger charge is 2.30. The summed E-state index contributed by atoms with van der Waals surface area (Å²) >= 11 is 0. The number of hydrogen-bond donors (Lipinski definition) is 0. The first-order valence-corrected chi connectivity index (χ1v) is 9.80. The second-order valence-electron chi connectivity index (χ2n) is 7.57. The van der Waals surface area contributed by atoms with Gasteiger partial charge < -0.3 is 9.80 Å². The molecule has 0 atom stereocenters. The first-order chi connectivity index (χ1) is 14.7. The number of alkyl halides is 3. The minimum Gasteiger partial charge on any atom is -0.336 e. The highest BCUT2D eigenvalue weighted by molar-refractivity contribution is 5.88. The van der Waals surface area contributed by atoms with Gasteiger partial charge in [-0.2, -0.15) is 22.7 Å². The fourth-order valence-corrected chi connectivity index (χ4v) is 3.46. The van der Waals surface area contributed by atoms with E-state index in [1.54, 1.807) is 23.1 Å². The molecule has 7 nitrogen and oxygen atoms in total. The molecule has 1 aliphatic rings. The predicted octanol–water partition coefficient (Wildman–Crippen LogP) is 3.42. The zero-order chi connectivity index (χ0) is 22.2. The summed E-state index contributed by atoms with van der Waals surface area (Å²) in [7, 11) is 0. The summed E-state index contributed by atoms with van der Waals surface area (Å²) in [5, 5.41) is 4.50. The molecule has 3 heterocycles. The molecule has 1 amide bonds. The van der Waals surface area contributed by atoms with Crippen molar-refractivity contribution in [3.8, 4) is 11.3 Å². The van der Waals surface area contributed by atoms with Gasteiger partial charge in [0.1, 0.15) is 0 Å². The number of carbonyl (C=O) groups excluding carboxylic acids is 1. The van der Waals surface area contributed by atoms with Crippen LogP contribution in [0.5, 0.6) is 0 Å². The predicted molar refractivity (Wildman–Crippen MR) is 109 cm³/mol. The number of amides is 1. The van der Waals surface area contributed by atoms with Crippen LogP contribution in [0.1, 0.15) is 19.4 Å². The van der Waals surface area contributed by atoms with Gasteiger partial charge in [0.2, 0.25) is 11.9 Å². The number of anilines is 1. The van der Waals surface area contributed by atoms with Crippen LogP contribution in [-0.4, -0.2) is 56.6 Å². The summed E-state index contributed by atoms with van der Waals surface area (Å²) in [5.41, 5.74) is 1.05. The lowest BCUT2D eigenvalue weighted by molar-refractivity contribution is -0.137. The molecule has 1 fully saturated rings. The third kappa shape index (κ3) is 4.37. The monoisotopic (exact) mass is 430 g/mol. The van der Waals surface area contributed by atoms with Gasteiger partial charge in [-0.1, -0.05) is 17.7 Å². The van der Waals surface area contributed by atoms with Gasteiger partial charge >= 0.3 is 6.18 Å². The van der Waals surface area contributed by atoms with Crippen LogP contribution in [0.4, 0.5) is 19.1 Å². The Morgan fingerprint density at radius 3 is 2.52 bits per heavy atom. The summed E-state index contributed by atoms with van der Waals surface area (Å²) in [6.07, 6.45) is -1.32. The molecule has 0 saturated carbocycles. The lowest BCUT2D eigenvalue weighted by Crippen LogP contribution is -2.48. The van der Waals surface area contributed by atoms with Gasteiger partial charge in [0, 0.05) is 44.0 Å². The fraction of sp³-hybridized carbons (Fsp3) is 0.333. The van der Waals surface area contributed by atoms with E-state index in [-0.39, 0.29) is 5.91 Å². The molecule has 4 rings (SSSR count). The molecular formula is C21H21F3N6O. The molecule has 31 heavy (non-hydrogen) atoms. The number of rotatable bonds is 3. The van der Waals surface area contributed by atoms with Crippen molar-refractivity contribution in [1.82, 2.24) is 24.5 Å². The number of halogens is 3. The van der Waals surface area contributed by atoms with Crippen LogP contribution in [0.3, 0.4) is 0 Å². The van der Waals surface area contributed by atoms with Crippen molar-refractivity contribution in [2.45, 2.75) is 20.0 Å². The Morgan fingerprint density at radius 1 is 1.10 bits per heavy atom. The molecule has 162 valence electrons. The van der Waals surface area contributed by atoms with Crippen molar-refractivity contribution >= 4 is 17.6 Å². The highest BCUT2D eigenvalue weighted by Crippen LogP contribution is 2.32. The maximum absolute atomic E-state index is 13.1. The van der Waals surface area contributed by atoms with E-state index in [0.29, 0.717) is 49.2 Å². The average Bonchev–Trinajstić information content (AvgIpc) is 3.17. The van der Waals surface area contributed by atoms with Crippen molar-refractivity contribution in [1.29, 1.82) is 0 Å². The van der Waals surface area contributed by atoms with Crippen molar-refractivity contribution in [2.75, 3.05) is 31.1 Å². The van der Waals surface area contributed by atoms with Gasteiger partial charge in [-0.25, -0.2) is 4.98 Å². The number of piperazine rings is 1.